The molecule has 0 fully saturated rings. The maximum absolute atomic E-state index is 2.21. The van der Waals surface area contributed by atoms with Gasteiger partial charge >= 0.3 is 0 Å². The molecule has 0 radical (unpaired) electrons. The lowest BCUT2D eigenvalue weighted by Gasteiger charge is -2.02. The Balaban J connectivity index is 0.00000140. The van der Waals surface area contributed by atoms with Gasteiger partial charge in [0.1, 0.15) is 0 Å². The van der Waals surface area contributed by atoms with Crippen LogP contribution >= 0.6 is 24.8 Å². The molecule has 0 aliphatic heterocycles. The highest BCUT2D eigenvalue weighted by Gasteiger charge is 2.07. The first-order chi connectivity index (χ1) is 12.9. The van der Waals surface area contributed by atoms with E-state index >= 15 is 0 Å². The highest BCUT2D eigenvalue weighted by atomic mass is 35.5. The second-order valence-electron chi connectivity index (χ2n) is 6.49. The van der Waals surface area contributed by atoms with Gasteiger partial charge in [-0.2, -0.15) is 0 Å². The van der Waals surface area contributed by atoms with E-state index in [9.17, 15) is 0 Å². The number of rotatable bonds is 5. The van der Waals surface area contributed by atoms with E-state index in [0.29, 0.717) is 0 Å². The van der Waals surface area contributed by atoms with Crippen LogP contribution in [-0.4, -0.2) is 0 Å². The van der Waals surface area contributed by atoms with Gasteiger partial charge in [0.15, 0.2) is 37.9 Å². The Labute approximate surface area is 178 Å². The molecule has 4 aromatic rings. The Morgan fingerprint density at radius 1 is 0.429 bits per heavy atom. The molecule has 2 aromatic heterocycles. The predicted molar refractivity (Wildman–Crippen MR) is 118 cm³/mol. The molecule has 0 bridgehead atoms. The van der Waals surface area contributed by atoms with Crippen molar-refractivity contribution in [3.8, 4) is 11.1 Å². The fourth-order valence-electron chi connectivity index (χ4n) is 3.10. The largest absolute Gasteiger partial charge is 0.201 e. The van der Waals surface area contributed by atoms with Crippen molar-refractivity contribution in [3.63, 3.8) is 0 Å². The smallest absolute Gasteiger partial charge is 0.173 e. The number of nitrogens with zero attached hydrogens (tertiary/aromatic N) is 2. The quantitative estimate of drug-likeness (QED) is 0.414. The molecule has 0 spiro atoms. The molecular weight excluding hydrogens is 387 g/mol. The highest BCUT2D eigenvalue weighted by Crippen LogP contribution is 2.15. The van der Waals surface area contributed by atoms with Crippen LogP contribution in [0.3, 0.4) is 0 Å². The highest BCUT2D eigenvalue weighted by molar-refractivity contribution is 5.85. The first-order valence-corrected chi connectivity index (χ1v) is 8.93. The van der Waals surface area contributed by atoms with Crippen molar-refractivity contribution in [2.45, 2.75) is 13.1 Å². The Hall–Kier alpha value is -2.68. The van der Waals surface area contributed by atoms with E-state index in [2.05, 4.69) is 119 Å². The molecule has 0 amide bonds. The Morgan fingerprint density at radius 2 is 0.750 bits per heavy atom. The van der Waals surface area contributed by atoms with Crippen LogP contribution in [0.15, 0.2) is 110 Å². The van der Waals surface area contributed by atoms with Crippen LogP contribution in [0.25, 0.3) is 11.1 Å². The van der Waals surface area contributed by atoms with Gasteiger partial charge in [0.05, 0.1) is 0 Å². The van der Waals surface area contributed by atoms with E-state index in [4.69, 9.17) is 0 Å². The van der Waals surface area contributed by atoms with Crippen LogP contribution in [0.1, 0.15) is 11.1 Å². The summed E-state index contributed by atoms with van der Waals surface area (Å²) in [6.07, 6.45) is 8.58. The van der Waals surface area contributed by atoms with E-state index < -0.39 is 0 Å². The number of halogens is 2. The molecule has 0 N–H and O–H groups in total. The summed E-state index contributed by atoms with van der Waals surface area (Å²) in [5, 5.41) is 0. The second kappa shape index (κ2) is 10.6. The van der Waals surface area contributed by atoms with E-state index in [-0.39, 0.29) is 24.8 Å². The van der Waals surface area contributed by atoms with Gasteiger partial charge in [-0.1, -0.05) is 60.7 Å². The lowest BCUT2D eigenvalue weighted by molar-refractivity contribution is -0.688. The van der Waals surface area contributed by atoms with Gasteiger partial charge in [-0.3, -0.25) is 0 Å². The fraction of sp³-hybridized carbons (Fsp3) is 0.0833. The van der Waals surface area contributed by atoms with Crippen molar-refractivity contribution in [2.75, 3.05) is 0 Å². The maximum atomic E-state index is 2.21. The van der Waals surface area contributed by atoms with Crippen LogP contribution < -0.4 is 9.13 Å². The number of benzene rings is 2. The SMILES string of the molecule is Cl.Cl.c1ccc(C[n+]2ccc(-c3cc[n+](Cc4ccccc4)cc3)cc2)cc1. The van der Waals surface area contributed by atoms with Gasteiger partial charge in [0.2, 0.25) is 0 Å². The summed E-state index contributed by atoms with van der Waals surface area (Å²) in [5.74, 6) is 0. The third-order valence-corrected chi connectivity index (χ3v) is 4.53. The Bertz CT molecular complexity index is 872. The zero-order valence-corrected chi connectivity index (χ0v) is 17.2. The Kier molecular flexibility index (Phi) is 8.19. The third-order valence-electron chi connectivity index (χ3n) is 4.53. The second-order valence-corrected chi connectivity index (χ2v) is 6.49. The summed E-state index contributed by atoms with van der Waals surface area (Å²) in [4.78, 5) is 0. The summed E-state index contributed by atoms with van der Waals surface area (Å²) < 4.78 is 4.41. The predicted octanol–water partition coefficient (Wildman–Crippen LogP) is 4.87. The zero-order chi connectivity index (χ0) is 17.6. The number of pyridine rings is 2. The normalized spacial score (nSPS) is 9.86. The van der Waals surface area contributed by atoms with E-state index in [1.807, 2.05) is 0 Å². The molecular formula is C24H24Cl2N2+2. The average molecular weight is 411 g/mol. The monoisotopic (exact) mass is 410 g/mol. The maximum Gasteiger partial charge on any atom is 0.173 e. The van der Waals surface area contributed by atoms with Gasteiger partial charge in [0, 0.05) is 35.4 Å². The van der Waals surface area contributed by atoms with Crippen LogP contribution in [0.4, 0.5) is 0 Å². The van der Waals surface area contributed by atoms with Gasteiger partial charge in [-0.15, -0.1) is 24.8 Å². The number of hydrogen-bond donors (Lipinski definition) is 0. The molecule has 0 aliphatic rings. The molecule has 0 saturated carbocycles. The minimum Gasteiger partial charge on any atom is -0.201 e. The first kappa shape index (κ1) is 21.6. The van der Waals surface area contributed by atoms with Crippen LogP contribution in [0.5, 0.6) is 0 Å². The van der Waals surface area contributed by atoms with Crippen molar-refractivity contribution < 1.29 is 9.13 Å². The lowest BCUT2D eigenvalue weighted by atomic mass is 10.1. The number of hydrogen-bond acceptors (Lipinski definition) is 0. The molecule has 0 aliphatic carbocycles. The van der Waals surface area contributed by atoms with Crippen molar-refractivity contribution in [1.82, 2.24) is 0 Å². The van der Waals surface area contributed by atoms with Gasteiger partial charge in [0.25, 0.3) is 0 Å². The van der Waals surface area contributed by atoms with E-state index in [0.717, 1.165) is 13.1 Å². The third kappa shape index (κ3) is 5.66. The van der Waals surface area contributed by atoms with E-state index in [1.165, 1.54) is 22.3 Å². The molecule has 2 nitrogen and oxygen atoms in total. The molecule has 28 heavy (non-hydrogen) atoms. The molecule has 4 heteroatoms. The standard InChI is InChI=1S/C24H22N2.2ClH/c1-3-7-21(8-4-1)19-25-15-11-23(12-16-25)24-13-17-26(18-14-24)20-22-9-5-2-6-10-22;;/h1-18H,19-20H2;2*1H/q+2;;. The summed E-state index contributed by atoms with van der Waals surface area (Å²) >= 11 is 0. The minimum absolute atomic E-state index is 0. The van der Waals surface area contributed by atoms with Gasteiger partial charge in [-0.25, -0.2) is 9.13 Å². The zero-order valence-electron chi connectivity index (χ0n) is 15.5. The van der Waals surface area contributed by atoms with Crippen LogP contribution in [0, 0.1) is 0 Å². The molecule has 2 aromatic carbocycles. The average Bonchev–Trinajstić information content (AvgIpc) is 2.71. The molecule has 2 heterocycles. The van der Waals surface area contributed by atoms with Crippen molar-refractivity contribution in [2.24, 2.45) is 0 Å². The van der Waals surface area contributed by atoms with Crippen molar-refractivity contribution >= 4 is 24.8 Å². The Morgan fingerprint density at radius 3 is 1.07 bits per heavy atom. The fourth-order valence-corrected chi connectivity index (χ4v) is 3.10. The van der Waals surface area contributed by atoms with Gasteiger partial charge in [-0.05, 0) is 11.1 Å². The molecule has 0 unspecified atom stereocenters. The van der Waals surface area contributed by atoms with Crippen LogP contribution in [0.2, 0.25) is 0 Å². The van der Waals surface area contributed by atoms with E-state index in [1.54, 1.807) is 0 Å². The lowest BCUT2D eigenvalue weighted by Crippen LogP contribution is -2.33. The molecule has 0 saturated heterocycles. The first-order valence-electron chi connectivity index (χ1n) is 8.93. The topological polar surface area (TPSA) is 7.76 Å². The minimum atomic E-state index is 0. The van der Waals surface area contributed by atoms with Crippen LogP contribution in [-0.2, 0) is 13.1 Å². The molecule has 4 rings (SSSR count). The summed E-state index contributed by atoms with van der Waals surface area (Å²) in [6, 6.07) is 29.8. The van der Waals surface area contributed by atoms with Crippen molar-refractivity contribution in [1.29, 1.82) is 0 Å². The van der Waals surface area contributed by atoms with Crippen molar-refractivity contribution in [3.05, 3.63) is 121 Å². The number of aromatic nitrogens is 2. The van der Waals surface area contributed by atoms with Gasteiger partial charge < -0.3 is 0 Å². The summed E-state index contributed by atoms with van der Waals surface area (Å²) in [5.41, 5.74) is 5.10. The summed E-state index contributed by atoms with van der Waals surface area (Å²) in [6.45, 7) is 1.79. The molecule has 142 valence electrons. The molecule has 0 atom stereocenters. The summed E-state index contributed by atoms with van der Waals surface area (Å²) in [7, 11) is 0.